The van der Waals surface area contributed by atoms with Crippen molar-refractivity contribution in [2.75, 3.05) is 32.1 Å². The molecule has 0 spiro atoms. The number of likely N-dealkylation sites (tertiary alicyclic amines) is 1. The third-order valence-electron chi connectivity index (χ3n) is 3.42. The van der Waals surface area contributed by atoms with Gasteiger partial charge in [0, 0.05) is 11.6 Å². The molecule has 1 atom stereocenters. The minimum Gasteiger partial charge on any atom is -0.495 e. The molecule has 0 aromatic heterocycles. The number of halogens is 1. The van der Waals surface area contributed by atoms with E-state index in [0.717, 1.165) is 0 Å². The summed E-state index contributed by atoms with van der Waals surface area (Å²) in [6.07, 6.45) is 0.573. The summed E-state index contributed by atoms with van der Waals surface area (Å²) >= 11 is 5.90. The fourth-order valence-electron chi connectivity index (χ4n) is 2.35. The van der Waals surface area contributed by atoms with Gasteiger partial charge in [0.15, 0.2) is 0 Å². The van der Waals surface area contributed by atoms with Crippen molar-refractivity contribution >= 4 is 29.2 Å². The number of carbonyl (C=O) groups is 2. The van der Waals surface area contributed by atoms with Gasteiger partial charge >= 0.3 is 5.97 Å². The number of carbonyl (C=O) groups excluding carboxylic acids is 1. The van der Waals surface area contributed by atoms with Gasteiger partial charge in [-0.3, -0.25) is 14.5 Å². The van der Waals surface area contributed by atoms with Crippen LogP contribution in [0.5, 0.6) is 5.75 Å². The maximum absolute atomic E-state index is 12.0. The van der Waals surface area contributed by atoms with Crippen LogP contribution >= 0.6 is 11.6 Å². The average molecular weight is 313 g/mol. The first-order valence-electron chi connectivity index (χ1n) is 6.58. The molecular formula is C14H17ClN2O4. The molecule has 1 amide bonds. The van der Waals surface area contributed by atoms with Gasteiger partial charge < -0.3 is 15.2 Å². The summed E-state index contributed by atoms with van der Waals surface area (Å²) in [5.74, 6) is -0.896. The second kappa shape index (κ2) is 6.78. The Bertz CT molecular complexity index is 550. The number of benzene rings is 1. The zero-order valence-electron chi connectivity index (χ0n) is 11.6. The highest BCUT2D eigenvalue weighted by Crippen LogP contribution is 2.27. The number of aliphatic carboxylic acids is 1. The molecule has 1 fully saturated rings. The Labute approximate surface area is 127 Å². The number of hydrogen-bond donors (Lipinski definition) is 2. The van der Waals surface area contributed by atoms with Gasteiger partial charge in [-0.05, 0) is 31.2 Å². The minimum absolute atomic E-state index is 0.152. The number of ether oxygens (including phenoxy) is 1. The SMILES string of the molecule is COc1ccc(Cl)cc1NC(=O)CN1CCC(C(=O)O)C1. The lowest BCUT2D eigenvalue weighted by Crippen LogP contribution is -2.32. The van der Waals surface area contributed by atoms with Gasteiger partial charge in [-0.1, -0.05) is 11.6 Å². The van der Waals surface area contributed by atoms with Crippen LogP contribution in [0.1, 0.15) is 6.42 Å². The van der Waals surface area contributed by atoms with Crippen LogP contribution in [-0.2, 0) is 9.59 Å². The molecule has 1 aliphatic rings. The predicted octanol–water partition coefficient (Wildman–Crippen LogP) is 1.69. The maximum atomic E-state index is 12.0. The summed E-state index contributed by atoms with van der Waals surface area (Å²) < 4.78 is 5.16. The predicted molar refractivity (Wildman–Crippen MR) is 78.8 cm³/mol. The third kappa shape index (κ3) is 4.09. The molecule has 1 saturated heterocycles. The Kier molecular flexibility index (Phi) is 5.03. The molecule has 114 valence electrons. The molecule has 1 aromatic carbocycles. The van der Waals surface area contributed by atoms with Crippen molar-refractivity contribution in [1.82, 2.24) is 4.90 Å². The van der Waals surface area contributed by atoms with Crippen LogP contribution in [0.2, 0.25) is 5.02 Å². The zero-order chi connectivity index (χ0) is 15.4. The van der Waals surface area contributed by atoms with E-state index in [-0.39, 0.29) is 12.5 Å². The zero-order valence-corrected chi connectivity index (χ0v) is 12.4. The first-order valence-corrected chi connectivity index (χ1v) is 6.96. The number of carboxylic acids is 1. The number of methoxy groups -OCH3 is 1. The van der Waals surface area contributed by atoms with E-state index in [2.05, 4.69) is 5.32 Å². The standard InChI is InChI=1S/C14H17ClN2O4/c1-21-12-3-2-10(15)6-11(12)16-13(18)8-17-5-4-9(7-17)14(19)20/h2-3,6,9H,4-5,7-8H2,1H3,(H,16,18)(H,19,20). The molecule has 2 N–H and O–H groups in total. The fourth-order valence-corrected chi connectivity index (χ4v) is 2.52. The first kappa shape index (κ1) is 15.6. The van der Waals surface area contributed by atoms with E-state index < -0.39 is 11.9 Å². The van der Waals surface area contributed by atoms with Gasteiger partial charge in [-0.15, -0.1) is 0 Å². The minimum atomic E-state index is -0.811. The molecule has 1 aliphatic heterocycles. The summed E-state index contributed by atoms with van der Waals surface area (Å²) in [6, 6.07) is 4.96. The molecule has 7 heteroatoms. The van der Waals surface area contributed by atoms with Gasteiger partial charge in [0.1, 0.15) is 5.75 Å². The van der Waals surface area contributed by atoms with E-state index in [4.69, 9.17) is 21.4 Å². The summed E-state index contributed by atoms with van der Waals surface area (Å²) in [5, 5.41) is 12.2. The van der Waals surface area contributed by atoms with Crippen molar-refractivity contribution in [1.29, 1.82) is 0 Å². The van der Waals surface area contributed by atoms with Crippen molar-refractivity contribution < 1.29 is 19.4 Å². The van der Waals surface area contributed by atoms with Crippen LogP contribution in [0.4, 0.5) is 5.69 Å². The molecule has 21 heavy (non-hydrogen) atoms. The molecule has 0 aliphatic carbocycles. The number of hydrogen-bond acceptors (Lipinski definition) is 4. The van der Waals surface area contributed by atoms with Crippen LogP contribution in [-0.4, -0.2) is 48.6 Å². The number of anilines is 1. The van der Waals surface area contributed by atoms with Gasteiger partial charge in [-0.25, -0.2) is 0 Å². The second-order valence-electron chi connectivity index (χ2n) is 4.95. The molecule has 1 heterocycles. The Hall–Kier alpha value is -1.79. The summed E-state index contributed by atoms with van der Waals surface area (Å²) in [6.45, 7) is 1.16. The second-order valence-corrected chi connectivity index (χ2v) is 5.39. The highest BCUT2D eigenvalue weighted by atomic mass is 35.5. The number of amides is 1. The smallest absolute Gasteiger partial charge is 0.307 e. The van der Waals surface area contributed by atoms with E-state index >= 15 is 0 Å². The van der Waals surface area contributed by atoms with Crippen LogP contribution in [0, 0.1) is 5.92 Å². The molecule has 0 bridgehead atoms. The van der Waals surface area contributed by atoms with E-state index in [0.29, 0.717) is 36.0 Å². The molecule has 1 aromatic rings. The van der Waals surface area contributed by atoms with Crippen LogP contribution in [0.25, 0.3) is 0 Å². The topological polar surface area (TPSA) is 78.9 Å². The number of carboxylic acid groups (broad SMARTS) is 1. The lowest BCUT2D eigenvalue weighted by Gasteiger charge is -2.16. The van der Waals surface area contributed by atoms with Crippen LogP contribution in [0.3, 0.4) is 0 Å². The van der Waals surface area contributed by atoms with Crippen molar-refractivity contribution in [3.8, 4) is 5.75 Å². The van der Waals surface area contributed by atoms with Crippen molar-refractivity contribution in [3.63, 3.8) is 0 Å². The molecular weight excluding hydrogens is 296 g/mol. The average Bonchev–Trinajstić information content (AvgIpc) is 2.87. The Morgan fingerprint density at radius 3 is 2.90 bits per heavy atom. The quantitative estimate of drug-likeness (QED) is 0.865. The number of rotatable bonds is 5. The molecule has 0 saturated carbocycles. The molecule has 0 radical (unpaired) electrons. The third-order valence-corrected chi connectivity index (χ3v) is 3.66. The number of nitrogens with zero attached hydrogens (tertiary/aromatic N) is 1. The van der Waals surface area contributed by atoms with E-state index in [9.17, 15) is 9.59 Å². The fraction of sp³-hybridized carbons (Fsp3) is 0.429. The van der Waals surface area contributed by atoms with Gasteiger partial charge in [0.2, 0.25) is 5.91 Å². The Morgan fingerprint density at radius 2 is 2.29 bits per heavy atom. The monoisotopic (exact) mass is 312 g/mol. The van der Waals surface area contributed by atoms with Crippen molar-refractivity contribution in [2.45, 2.75) is 6.42 Å². The van der Waals surface area contributed by atoms with Crippen LogP contribution < -0.4 is 10.1 Å². The lowest BCUT2D eigenvalue weighted by molar-refractivity contribution is -0.141. The van der Waals surface area contributed by atoms with Gasteiger partial charge in [0.25, 0.3) is 0 Å². The van der Waals surface area contributed by atoms with Crippen molar-refractivity contribution in [2.24, 2.45) is 5.92 Å². The van der Waals surface area contributed by atoms with E-state index in [1.165, 1.54) is 7.11 Å². The normalized spacial score (nSPS) is 18.5. The summed E-state index contributed by atoms with van der Waals surface area (Å²) in [4.78, 5) is 24.7. The maximum Gasteiger partial charge on any atom is 0.307 e. The van der Waals surface area contributed by atoms with Gasteiger partial charge in [0.05, 0.1) is 25.3 Å². The van der Waals surface area contributed by atoms with E-state index in [1.807, 2.05) is 4.90 Å². The Balaban J connectivity index is 1.93. The summed E-state index contributed by atoms with van der Waals surface area (Å²) in [7, 11) is 1.51. The van der Waals surface area contributed by atoms with Crippen molar-refractivity contribution in [3.05, 3.63) is 23.2 Å². The highest BCUT2D eigenvalue weighted by Gasteiger charge is 2.28. The molecule has 2 rings (SSSR count). The number of nitrogens with one attached hydrogen (secondary N) is 1. The Morgan fingerprint density at radius 1 is 1.52 bits per heavy atom. The summed E-state index contributed by atoms with van der Waals surface area (Å²) in [5.41, 5.74) is 0.504. The first-order chi connectivity index (χ1) is 9.99. The largest absolute Gasteiger partial charge is 0.495 e. The van der Waals surface area contributed by atoms with E-state index in [1.54, 1.807) is 18.2 Å². The van der Waals surface area contributed by atoms with Gasteiger partial charge in [-0.2, -0.15) is 0 Å². The molecule has 1 unspecified atom stereocenters. The lowest BCUT2D eigenvalue weighted by atomic mass is 10.1. The molecule has 6 nitrogen and oxygen atoms in total. The van der Waals surface area contributed by atoms with Crippen LogP contribution in [0.15, 0.2) is 18.2 Å². The highest BCUT2D eigenvalue weighted by molar-refractivity contribution is 6.31.